The minimum absolute atomic E-state index is 0.173. The van der Waals surface area contributed by atoms with E-state index in [1.165, 1.54) is 38.7 Å². The molecule has 0 saturated carbocycles. The molecule has 0 fully saturated rings. The molecule has 1 N–H and O–H groups in total. The van der Waals surface area contributed by atoms with Crippen LogP contribution in [0.5, 0.6) is 0 Å². The van der Waals surface area contributed by atoms with Gasteiger partial charge in [0.15, 0.2) is 0 Å². The minimum Gasteiger partial charge on any atom is -0.309 e. The Kier molecular flexibility index (Phi) is 4.55. The van der Waals surface area contributed by atoms with Crippen LogP contribution in [0.4, 0.5) is 0 Å². The summed E-state index contributed by atoms with van der Waals surface area (Å²) in [7, 11) is 2.00. The fourth-order valence-electron chi connectivity index (χ4n) is 2.53. The Balaban J connectivity index is 2.53. The highest BCUT2D eigenvalue weighted by atomic mass is 32.1. The molecule has 1 atom stereocenters. The molecule has 0 bridgehead atoms. The summed E-state index contributed by atoms with van der Waals surface area (Å²) in [4.78, 5) is 1.23. The van der Waals surface area contributed by atoms with Gasteiger partial charge in [0.2, 0.25) is 0 Å². The first-order valence-electron chi connectivity index (χ1n) is 7.02. The zero-order chi connectivity index (χ0) is 14.9. The Hall–Kier alpha value is -1.26. The number of aromatic nitrogens is 2. The average Bonchev–Trinajstić information content (AvgIpc) is 2.85. The van der Waals surface area contributed by atoms with Gasteiger partial charge < -0.3 is 5.32 Å². The Bertz CT molecular complexity index is 602. The number of benzene rings is 1. The molecule has 0 aliphatic rings. The summed E-state index contributed by atoms with van der Waals surface area (Å²) in [6.07, 6.45) is 0. The third kappa shape index (κ3) is 2.76. The molecule has 4 heteroatoms. The van der Waals surface area contributed by atoms with Gasteiger partial charge in [-0.05, 0) is 67.5 Å². The third-order valence-electron chi connectivity index (χ3n) is 3.83. The number of nitrogens with zero attached hydrogens (tertiary/aromatic N) is 2. The lowest BCUT2D eigenvalue weighted by atomic mass is 9.93. The van der Waals surface area contributed by atoms with Crippen LogP contribution in [0.2, 0.25) is 0 Å². The van der Waals surface area contributed by atoms with Gasteiger partial charge in [0, 0.05) is 0 Å². The molecule has 2 rings (SSSR count). The number of hydrogen-bond acceptors (Lipinski definition) is 4. The first kappa shape index (κ1) is 15.1. The van der Waals surface area contributed by atoms with Crippen molar-refractivity contribution in [1.29, 1.82) is 0 Å². The highest BCUT2D eigenvalue weighted by Gasteiger charge is 2.23. The Morgan fingerprint density at radius 3 is 2.30 bits per heavy atom. The summed E-state index contributed by atoms with van der Waals surface area (Å²) in [6, 6.07) is 4.72. The van der Waals surface area contributed by atoms with Gasteiger partial charge in [-0.2, -0.15) is 0 Å². The highest BCUT2D eigenvalue weighted by Crippen LogP contribution is 2.33. The molecule has 1 aromatic carbocycles. The van der Waals surface area contributed by atoms with E-state index in [1.807, 2.05) is 7.05 Å². The fourth-order valence-corrected chi connectivity index (χ4v) is 3.46. The van der Waals surface area contributed by atoms with E-state index in [9.17, 15) is 0 Å². The van der Waals surface area contributed by atoms with Crippen molar-refractivity contribution in [2.75, 3.05) is 7.05 Å². The maximum atomic E-state index is 4.31. The van der Waals surface area contributed by atoms with Crippen LogP contribution in [0.25, 0.3) is 0 Å². The molecule has 0 saturated heterocycles. The molecule has 0 amide bonds. The van der Waals surface area contributed by atoms with Crippen LogP contribution >= 0.6 is 11.5 Å². The van der Waals surface area contributed by atoms with E-state index in [1.54, 1.807) is 0 Å². The van der Waals surface area contributed by atoms with Gasteiger partial charge in [-0.25, -0.2) is 0 Å². The molecule has 1 unspecified atom stereocenters. The molecule has 20 heavy (non-hydrogen) atoms. The Morgan fingerprint density at radius 2 is 1.70 bits per heavy atom. The molecule has 3 nitrogen and oxygen atoms in total. The van der Waals surface area contributed by atoms with Crippen LogP contribution in [0.3, 0.4) is 0 Å². The zero-order valence-electron chi connectivity index (χ0n) is 13.1. The van der Waals surface area contributed by atoms with E-state index >= 15 is 0 Å². The normalized spacial score (nSPS) is 12.9. The van der Waals surface area contributed by atoms with Crippen molar-refractivity contribution in [1.82, 2.24) is 14.9 Å². The summed E-state index contributed by atoms with van der Waals surface area (Å²) in [6.45, 7) is 10.8. The van der Waals surface area contributed by atoms with Crippen LogP contribution in [0.15, 0.2) is 12.1 Å². The van der Waals surface area contributed by atoms with E-state index in [4.69, 9.17) is 0 Å². The molecular formula is C16H23N3S. The molecule has 0 spiro atoms. The predicted molar refractivity (Wildman–Crippen MR) is 85.6 cm³/mol. The number of hydrogen-bond donors (Lipinski definition) is 1. The van der Waals surface area contributed by atoms with Crippen LogP contribution in [-0.4, -0.2) is 16.6 Å². The minimum atomic E-state index is 0.173. The summed E-state index contributed by atoms with van der Waals surface area (Å²) in [5, 5.41) is 7.74. The van der Waals surface area contributed by atoms with Crippen LogP contribution < -0.4 is 5.32 Å². The zero-order valence-corrected chi connectivity index (χ0v) is 13.9. The third-order valence-corrected chi connectivity index (χ3v) is 4.64. The summed E-state index contributed by atoms with van der Waals surface area (Å²) in [5.74, 6) is 0.395. The van der Waals surface area contributed by atoms with E-state index < -0.39 is 0 Å². The van der Waals surface area contributed by atoms with E-state index in [-0.39, 0.29) is 6.04 Å². The standard InChI is InChI=1S/C16H23N3S/c1-9(2)14-16(20-19-18-14)15(17-6)13-8-11(4)10(3)7-12(13)5/h7-9,15,17H,1-6H3. The molecule has 0 radical (unpaired) electrons. The first-order valence-corrected chi connectivity index (χ1v) is 7.80. The fraction of sp³-hybridized carbons (Fsp3) is 0.500. The second kappa shape index (κ2) is 6.02. The van der Waals surface area contributed by atoms with E-state index in [0.717, 1.165) is 5.69 Å². The summed E-state index contributed by atoms with van der Waals surface area (Å²) < 4.78 is 4.16. The monoisotopic (exact) mass is 289 g/mol. The molecule has 108 valence electrons. The van der Waals surface area contributed by atoms with Gasteiger partial charge >= 0.3 is 0 Å². The van der Waals surface area contributed by atoms with Gasteiger partial charge in [-0.3, -0.25) is 0 Å². The highest BCUT2D eigenvalue weighted by molar-refractivity contribution is 7.05. The predicted octanol–water partition coefficient (Wildman–Crippen LogP) is 3.90. The molecule has 2 aromatic rings. The maximum Gasteiger partial charge on any atom is 0.0832 e. The van der Waals surface area contributed by atoms with Crippen molar-refractivity contribution in [2.45, 2.75) is 46.6 Å². The van der Waals surface area contributed by atoms with E-state index in [0.29, 0.717) is 5.92 Å². The number of nitrogens with one attached hydrogen (secondary N) is 1. The van der Waals surface area contributed by atoms with Crippen LogP contribution in [0.1, 0.15) is 58.6 Å². The Labute approximate surface area is 125 Å². The van der Waals surface area contributed by atoms with Crippen molar-refractivity contribution < 1.29 is 0 Å². The Morgan fingerprint density at radius 1 is 1.05 bits per heavy atom. The lowest BCUT2D eigenvalue weighted by molar-refractivity contribution is 0.674. The molecule has 0 aliphatic heterocycles. The van der Waals surface area contributed by atoms with Crippen molar-refractivity contribution in [3.05, 3.63) is 45.0 Å². The van der Waals surface area contributed by atoms with E-state index in [2.05, 4.69) is 61.7 Å². The van der Waals surface area contributed by atoms with Crippen molar-refractivity contribution >= 4 is 11.5 Å². The van der Waals surface area contributed by atoms with Gasteiger partial charge in [0.25, 0.3) is 0 Å². The second-order valence-electron chi connectivity index (χ2n) is 5.69. The van der Waals surface area contributed by atoms with Crippen LogP contribution in [-0.2, 0) is 0 Å². The van der Waals surface area contributed by atoms with Gasteiger partial charge in [0.05, 0.1) is 16.6 Å². The lowest BCUT2D eigenvalue weighted by Gasteiger charge is -2.20. The SMILES string of the molecule is CNC(c1cc(C)c(C)cc1C)c1snnc1C(C)C. The second-order valence-corrected chi connectivity index (χ2v) is 6.48. The smallest absolute Gasteiger partial charge is 0.0832 e. The maximum absolute atomic E-state index is 4.31. The average molecular weight is 289 g/mol. The van der Waals surface area contributed by atoms with Gasteiger partial charge in [-0.15, -0.1) is 5.10 Å². The quantitative estimate of drug-likeness (QED) is 0.927. The topological polar surface area (TPSA) is 37.8 Å². The molecular weight excluding hydrogens is 266 g/mol. The number of aryl methyl sites for hydroxylation is 3. The van der Waals surface area contributed by atoms with Gasteiger partial charge in [-0.1, -0.05) is 30.5 Å². The lowest BCUT2D eigenvalue weighted by Crippen LogP contribution is -2.19. The van der Waals surface area contributed by atoms with Crippen molar-refractivity contribution in [3.8, 4) is 0 Å². The van der Waals surface area contributed by atoms with Gasteiger partial charge in [0.1, 0.15) is 0 Å². The molecule has 0 aliphatic carbocycles. The first-order chi connectivity index (χ1) is 9.45. The molecule has 1 aromatic heterocycles. The summed E-state index contributed by atoms with van der Waals surface area (Å²) >= 11 is 1.50. The largest absolute Gasteiger partial charge is 0.309 e. The number of rotatable bonds is 4. The van der Waals surface area contributed by atoms with Crippen molar-refractivity contribution in [3.63, 3.8) is 0 Å². The summed E-state index contributed by atoms with van der Waals surface area (Å²) in [5.41, 5.74) is 6.41. The molecule has 1 heterocycles. The van der Waals surface area contributed by atoms with Crippen molar-refractivity contribution in [2.24, 2.45) is 0 Å². The van der Waals surface area contributed by atoms with Crippen LogP contribution in [0, 0.1) is 20.8 Å².